The number of halogens is 4. The molecule has 1 aromatic carbocycles. The highest BCUT2D eigenvalue weighted by atomic mass is 35.5. The van der Waals surface area contributed by atoms with Crippen LogP contribution in [0.15, 0.2) is 18.3 Å². The van der Waals surface area contributed by atoms with Gasteiger partial charge in [-0.05, 0) is 46.2 Å². The smallest absolute Gasteiger partial charge is 0.250 e. The Morgan fingerprint density at radius 3 is 2.59 bits per heavy atom. The van der Waals surface area contributed by atoms with Gasteiger partial charge in [-0.25, -0.2) is 28.1 Å². The van der Waals surface area contributed by atoms with Crippen LogP contribution in [0.5, 0.6) is 0 Å². The van der Waals surface area contributed by atoms with Crippen molar-refractivity contribution in [3.05, 3.63) is 35.0 Å². The summed E-state index contributed by atoms with van der Waals surface area (Å²) in [5.74, 6) is -3.10. The minimum Gasteiger partial charge on any atom is -0.391 e. The molecule has 0 spiro atoms. The van der Waals surface area contributed by atoms with E-state index < -0.39 is 35.9 Å². The van der Waals surface area contributed by atoms with E-state index in [1.54, 1.807) is 24.5 Å². The van der Waals surface area contributed by atoms with Crippen LogP contribution in [0.4, 0.5) is 19.1 Å². The van der Waals surface area contributed by atoms with Gasteiger partial charge in [0, 0.05) is 24.4 Å². The Balaban J connectivity index is 1.75. The van der Waals surface area contributed by atoms with Crippen molar-refractivity contribution >= 4 is 28.6 Å². The summed E-state index contributed by atoms with van der Waals surface area (Å²) in [7, 11) is 0. The molecule has 2 unspecified atom stereocenters. The van der Waals surface area contributed by atoms with Crippen LogP contribution in [-0.2, 0) is 5.60 Å². The summed E-state index contributed by atoms with van der Waals surface area (Å²) in [5.41, 5.74) is -0.116. The summed E-state index contributed by atoms with van der Waals surface area (Å²) in [5, 5.41) is 23.7. The van der Waals surface area contributed by atoms with Gasteiger partial charge in [0.2, 0.25) is 5.95 Å². The highest BCUT2D eigenvalue weighted by Crippen LogP contribution is 2.36. The number of hydrogen-bond acceptors (Lipinski definition) is 6. The van der Waals surface area contributed by atoms with E-state index in [2.05, 4.69) is 20.3 Å². The Morgan fingerprint density at radius 2 is 1.97 bits per heavy atom. The van der Waals surface area contributed by atoms with Gasteiger partial charge >= 0.3 is 0 Å². The van der Waals surface area contributed by atoms with Crippen molar-refractivity contribution in [2.75, 3.05) is 5.32 Å². The van der Waals surface area contributed by atoms with Crippen LogP contribution < -0.4 is 5.32 Å². The fourth-order valence-electron chi connectivity index (χ4n) is 4.33. The van der Waals surface area contributed by atoms with Gasteiger partial charge in [-0.15, -0.1) is 0 Å². The summed E-state index contributed by atoms with van der Waals surface area (Å²) in [4.78, 5) is 12.8. The van der Waals surface area contributed by atoms with Crippen molar-refractivity contribution < 1.29 is 23.4 Å². The van der Waals surface area contributed by atoms with Gasteiger partial charge in [-0.3, -0.25) is 0 Å². The van der Waals surface area contributed by atoms with Crippen LogP contribution in [-0.4, -0.2) is 47.8 Å². The lowest BCUT2D eigenvalue weighted by molar-refractivity contribution is -0.0800. The number of hydrogen-bond donors (Lipinski definition) is 3. The van der Waals surface area contributed by atoms with Crippen molar-refractivity contribution in [1.29, 1.82) is 0 Å². The van der Waals surface area contributed by atoms with Crippen molar-refractivity contribution in [2.24, 2.45) is 0 Å². The number of anilines is 1. The van der Waals surface area contributed by atoms with E-state index >= 15 is 4.39 Å². The molecule has 1 saturated carbocycles. The van der Waals surface area contributed by atoms with Gasteiger partial charge in [0.1, 0.15) is 16.9 Å². The maximum Gasteiger partial charge on any atom is 0.250 e. The largest absolute Gasteiger partial charge is 0.391 e. The van der Waals surface area contributed by atoms with Gasteiger partial charge in [-0.1, -0.05) is 11.6 Å². The lowest BCUT2D eigenvalue weighted by Gasteiger charge is -2.33. The molecule has 3 N–H and O–H groups in total. The van der Waals surface area contributed by atoms with Crippen LogP contribution in [0.25, 0.3) is 22.3 Å². The molecule has 1 aliphatic rings. The summed E-state index contributed by atoms with van der Waals surface area (Å²) in [6, 6.07) is 2.17. The van der Waals surface area contributed by atoms with Crippen LogP contribution in [0.1, 0.15) is 58.8 Å². The summed E-state index contributed by atoms with van der Waals surface area (Å²) >= 11 is 6.34. The van der Waals surface area contributed by atoms with Gasteiger partial charge < -0.3 is 20.1 Å². The number of alkyl halides is 2. The molecule has 2 aromatic heterocycles. The Kier molecular flexibility index (Phi) is 6.28. The molecule has 0 amide bonds. The van der Waals surface area contributed by atoms with Crippen molar-refractivity contribution in [1.82, 2.24) is 19.5 Å². The number of nitrogens with one attached hydrogen (secondary N) is 1. The summed E-state index contributed by atoms with van der Waals surface area (Å²) in [6.45, 7) is 6.97. The molecular formula is C23H27ClF3N5O2. The first kappa shape index (κ1) is 24.7. The quantitative estimate of drug-likeness (QED) is 0.456. The number of fused-ring (bicyclic) bond motifs is 1. The van der Waals surface area contributed by atoms with E-state index in [9.17, 15) is 19.0 Å². The van der Waals surface area contributed by atoms with E-state index in [1.807, 2.05) is 13.8 Å². The fraction of sp³-hybridized carbons (Fsp3) is 0.522. The molecule has 2 atom stereocenters. The maximum atomic E-state index is 15.1. The molecule has 34 heavy (non-hydrogen) atoms. The first-order valence-corrected chi connectivity index (χ1v) is 11.4. The normalized spacial score (nSPS) is 20.8. The van der Waals surface area contributed by atoms with Crippen LogP contribution >= 0.6 is 11.6 Å². The maximum absolute atomic E-state index is 15.1. The highest BCUT2D eigenvalue weighted by Gasteiger charge is 2.41. The molecule has 1 fully saturated rings. The first-order chi connectivity index (χ1) is 15.8. The zero-order chi connectivity index (χ0) is 25.0. The zero-order valence-corrected chi connectivity index (χ0v) is 20.0. The number of imidazole rings is 1. The van der Waals surface area contributed by atoms with Gasteiger partial charge in [0.15, 0.2) is 5.82 Å². The zero-order valence-electron chi connectivity index (χ0n) is 19.3. The number of nitrogens with zero attached hydrogens (tertiary/aromatic N) is 4. The lowest BCUT2D eigenvalue weighted by Crippen LogP contribution is -2.44. The van der Waals surface area contributed by atoms with Crippen molar-refractivity contribution in [3.8, 4) is 11.3 Å². The molecule has 7 nitrogen and oxygen atoms in total. The molecule has 0 saturated heterocycles. The average molecular weight is 498 g/mol. The predicted octanol–water partition coefficient (Wildman–Crippen LogP) is 5.05. The molecule has 3 aromatic rings. The second kappa shape index (κ2) is 8.66. The second-order valence-electron chi connectivity index (χ2n) is 9.59. The average Bonchev–Trinajstić information content (AvgIpc) is 3.12. The third-order valence-corrected chi connectivity index (χ3v) is 6.21. The van der Waals surface area contributed by atoms with E-state index in [-0.39, 0.29) is 41.1 Å². The molecule has 184 valence electrons. The minimum absolute atomic E-state index is 0.0450. The Morgan fingerprint density at radius 1 is 1.26 bits per heavy atom. The Bertz CT molecular complexity index is 1230. The van der Waals surface area contributed by atoms with E-state index in [0.29, 0.717) is 16.9 Å². The van der Waals surface area contributed by atoms with Crippen molar-refractivity contribution in [2.45, 2.75) is 76.7 Å². The van der Waals surface area contributed by atoms with Gasteiger partial charge in [0.05, 0.1) is 34.6 Å². The van der Waals surface area contributed by atoms with E-state index in [4.69, 9.17) is 11.6 Å². The molecule has 0 aliphatic heterocycles. The summed E-state index contributed by atoms with van der Waals surface area (Å²) in [6.07, 6.45) is -0.882. The molecule has 11 heteroatoms. The molecule has 0 radical (unpaired) electrons. The molecule has 4 rings (SSSR count). The number of aromatic nitrogens is 4. The first-order valence-electron chi connectivity index (χ1n) is 11.1. The topological polar surface area (TPSA) is 96.1 Å². The Hall–Kier alpha value is -2.43. The standard InChI is InChI=1S/C23H27ClF3N5O2/c1-11(2)32-16-8-12(7-14(25)19(16)30-20(32)22(3,4)34)18-13(24)10-28-21(31-18)29-15-5-6-23(26,27)9-17(15)33/h7-8,10-11,15,17,33-34H,5-6,9H2,1-4H3,(H,28,29,31). The van der Waals surface area contributed by atoms with Crippen LogP contribution in [0.3, 0.4) is 0 Å². The number of aliphatic hydroxyl groups is 2. The van der Waals surface area contributed by atoms with E-state index in [1.165, 1.54) is 12.3 Å². The monoisotopic (exact) mass is 497 g/mol. The van der Waals surface area contributed by atoms with Crippen LogP contribution in [0.2, 0.25) is 5.02 Å². The highest BCUT2D eigenvalue weighted by molar-refractivity contribution is 6.33. The minimum atomic E-state index is -2.90. The molecule has 0 bridgehead atoms. The van der Waals surface area contributed by atoms with E-state index in [0.717, 1.165) is 0 Å². The predicted molar refractivity (Wildman–Crippen MR) is 124 cm³/mol. The lowest BCUT2D eigenvalue weighted by atomic mass is 9.90. The summed E-state index contributed by atoms with van der Waals surface area (Å²) < 4.78 is 44.0. The van der Waals surface area contributed by atoms with Gasteiger partial charge in [-0.2, -0.15) is 0 Å². The number of rotatable bonds is 5. The molecule has 1 aliphatic carbocycles. The molecular weight excluding hydrogens is 471 g/mol. The third kappa shape index (κ3) is 4.71. The number of aliphatic hydroxyl groups excluding tert-OH is 1. The molecule has 2 heterocycles. The fourth-order valence-corrected chi connectivity index (χ4v) is 4.53. The van der Waals surface area contributed by atoms with Gasteiger partial charge in [0.25, 0.3) is 5.92 Å². The second-order valence-corrected chi connectivity index (χ2v) is 10.00. The van der Waals surface area contributed by atoms with Crippen LogP contribution in [0, 0.1) is 5.82 Å². The SMILES string of the molecule is CC(C)n1c(C(C)(C)O)nc2c(F)cc(-c3nc(NC4CCC(F)(F)CC4O)ncc3Cl)cc21. The van der Waals surface area contributed by atoms with Crippen molar-refractivity contribution in [3.63, 3.8) is 0 Å². The Labute approximate surface area is 200 Å². The number of benzene rings is 1. The third-order valence-electron chi connectivity index (χ3n) is 5.94.